The molecule has 2 unspecified atom stereocenters. The summed E-state index contributed by atoms with van der Waals surface area (Å²) in [5.74, 6) is 0.848. The van der Waals surface area contributed by atoms with Crippen LogP contribution in [0.4, 0.5) is 0 Å². The highest BCUT2D eigenvalue weighted by molar-refractivity contribution is 7.27. The normalized spacial score (nSPS) is 21.1. The number of benzene rings is 1. The van der Waals surface area contributed by atoms with Gasteiger partial charge in [0.1, 0.15) is 0 Å². The first-order valence-corrected chi connectivity index (χ1v) is 5.13. The third-order valence-corrected chi connectivity index (χ3v) is 3.60. The Balaban J connectivity index is 2.54. The van der Waals surface area contributed by atoms with E-state index in [2.05, 4.69) is 35.2 Å². The maximum atomic E-state index is 2.88. The summed E-state index contributed by atoms with van der Waals surface area (Å²) in [7, 11) is 2.88. The fourth-order valence-electron chi connectivity index (χ4n) is 2.06. The zero-order chi connectivity index (χ0) is 8.72. The molecular formula is C11H15P. The maximum absolute atomic E-state index is 2.88. The van der Waals surface area contributed by atoms with Gasteiger partial charge in [-0.2, -0.15) is 0 Å². The summed E-state index contributed by atoms with van der Waals surface area (Å²) in [4.78, 5) is 0. The lowest BCUT2D eigenvalue weighted by Crippen LogP contribution is -2.05. The van der Waals surface area contributed by atoms with Gasteiger partial charge in [-0.3, -0.25) is 0 Å². The number of rotatable bonds is 0. The molecule has 0 saturated heterocycles. The predicted molar refractivity (Wildman–Crippen MR) is 57.1 cm³/mol. The van der Waals surface area contributed by atoms with E-state index in [1.165, 1.54) is 23.7 Å². The van der Waals surface area contributed by atoms with Gasteiger partial charge in [-0.25, -0.2) is 0 Å². The van der Waals surface area contributed by atoms with E-state index < -0.39 is 0 Å². The monoisotopic (exact) mass is 178 g/mol. The average Bonchev–Trinajstić information content (AvgIpc) is 2.39. The highest BCUT2D eigenvalue weighted by Crippen LogP contribution is 2.26. The van der Waals surface area contributed by atoms with E-state index in [0.717, 1.165) is 5.92 Å². The second-order valence-corrected chi connectivity index (χ2v) is 4.52. The van der Waals surface area contributed by atoms with Crippen molar-refractivity contribution in [3.05, 3.63) is 28.8 Å². The molecule has 0 nitrogen and oxygen atoms in total. The van der Waals surface area contributed by atoms with E-state index >= 15 is 0 Å². The van der Waals surface area contributed by atoms with Gasteiger partial charge in [0.2, 0.25) is 0 Å². The van der Waals surface area contributed by atoms with Crippen LogP contribution in [-0.2, 0) is 12.8 Å². The molecule has 0 heterocycles. The molecule has 1 aromatic rings. The van der Waals surface area contributed by atoms with Gasteiger partial charge in [-0.15, -0.1) is 9.24 Å². The molecule has 1 aliphatic rings. The van der Waals surface area contributed by atoms with E-state index in [1.54, 1.807) is 11.1 Å². The van der Waals surface area contributed by atoms with Crippen LogP contribution in [0.25, 0.3) is 0 Å². The van der Waals surface area contributed by atoms with Gasteiger partial charge >= 0.3 is 0 Å². The zero-order valence-electron chi connectivity index (χ0n) is 7.72. The molecule has 0 fully saturated rings. The molecule has 12 heavy (non-hydrogen) atoms. The van der Waals surface area contributed by atoms with Gasteiger partial charge in [0.05, 0.1) is 0 Å². The number of hydrogen-bond acceptors (Lipinski definition) is 0. The Morgan fingerprint density at radius 2 is 2.08 bits per heavy atom. The first-order chi connectivity index (χ1) is 5.68. The van der Waals surface area contributed by atoms with E-state index in [0.29, 0.717) is 0 Å². The maximum Gasteiger partial charge on any atom is -0.0239 e. The van der Waals surface area contributed by atoms with Crippen LogP contribution in [0.1, 0.15) is 23.6 Å². The molecule has 0 amide bonds. The second-order valence-electron chi connectivity index (χ2n) is 3.95. The van der Waals surface area contributed by atoms with Crippen molar-refractivity contribution < 1.29 is 0 Å². The molecule has 0 aromatic heterocycles. The zero-order valence-corrected chi connectivity index (χ0v) is 8.88. The van der Waals surface area contributed by atoms with Crippen molar-refractivity contribution in [3.8, 4) is 0 Å². The fraction of sp³-hybridized carbons (Fsp3) is 0.455. The standard InChI is InChI=1S/C11H15P/c1-7-5-9-4-3-8(2)11(12)10(9)6-7/h3-4,7H,5-6,12H2,1-2H3. The lowest BCUT2D eigenvalue weighted by Gasteiger charge is -2.05. The van der Waals surface area contributed by atoms with Crippen molar-refractivity contribution in [1.29, 1.82) is 0 Å². The summed E-state index contributed by atoms with van der Waals surface area (Å²) < 4.78 is 0. The Kier molecular flexibility index (Phi) is 1.96. The van der Waals surface area contributed by atoms with Crippen LogP contribution < -0.4 is 5.30 Å². The van der Waals surface area contributed by atoms with Crippen LogP contribution in [-0.4, -0.2) is 0 Å². The third-order valence-electron chi connectivity index (χ3n) is 2.79. The van der Waals surface area contributed by atoms with E-state index in [9.17, 15) is 0 Å². The molecule has 0 N–H and O–H groups in total. The lowest BCUT2D eigenvalue weighted by atomic mass is 10.1. The summed E-state index contributed by atoms with van der Waals surface area (Å²) in [6.07, 6.45) is 2.55. The van der Waals surface area contributed by atoms with Crippen molar-refractivity contribution in [3.63, 3.8) is 0 Å². The Bertz CT molecular complexity index is 315. The first kappa shape index (κ1) is 8.26. The van der Waals surface area contributed by atoms with Crippen LogP contribution in [0.15, 0.2) is 12.1 Å². The molecule has 2 rings (SSSR count). The van der Waals surface area contributed by atoms with Crippen LogP contribution in [0, 0.1) is 12.8 Å². The Morgan fingerprint density at radius 1 is 1.33 bits per heavy atom. The fourth-order valence-corrected chi connectivity index (χ4v) is 2.45. The molecule has 1 heteroatoms. The number of hydrogen-bond donors (Lipinski definition) is 0. The van der Waals surface area contributed by atoms with Crippen molar-refractivity contribution in [2.24, 2.45) is 5.92 Å². The molecule has 0 aliphatic heterocycles. The van der Waals surface area contributed by atoms with Gasteiger partial charge in [-0.1, -0.05) is 19.1 Å². The Morgan fingerprint density at radius 3 is 2.83 bits per heavy atom. The molecule has 64 valence electrons. The molecule has 0 saturated carbocycles. The Labute approximate surface area is 76.6 Å². The van der Waals surface area contributed by atoms with Gasteiger partial charge in [0, 0.05) is 0 Å². The van der Waals surface area contributed by atoms with Crippen molar-refractivity contribution in [2.75, 3.05) is 0 Å². The van der Waals surface area contributed by atoms with Gasteiger partial charge in [-0.05, 0) is 47.7 Å². The van der Waals surface area contributed by atoms with E-state index in [4.69, 9.17) is 0 Å². The summed E-state index contributed by atoms with van der Waals surface area (Å²) >= 11 is 0. The summed E-state index contributed by atoms with van der Waals surface area (Å²) in [6, 6.07) is 4.53. The van der Waals surface area contributed by atoms with Crippen LogP contribution in [0.5, 0.6) is 0 Å². The quantitative estimate of drug-likeness (QED) is 0.534. The van der Waals surface area contributed by atoms with Crippen LogP contribution in [0.3, 0.4) is 0 Å². The summed E-state index contributed by atoms with van der Waals surface area (Å²) in [5, 5.41) is 1.44. The molecule has 1 aliphatic carbocycles. The van der Waals surface area contributed by atoms with Gasteiger partial charge in [0.15, 0.2) is 0 Å². The summed E-state index contributed by atoms with van der Waals surface area (Å²) in [5.41, 5.74) is 4.57. The van der Waals surface area contributed by atoms with Crippen LogP contribution >= 0.6 is 9.24 Å². The smallest absolute Gasteiger partial charge is 0.0239 e. The molecule has 1 aromatic carbocycles. The predicted octanol–water partition coefficient (Wildman–Crippen LogP) is 2.23. The minimum atomic E-state index is 0.848. The van der Waals surface area contributed by atoms with Crippen molar-refractivity contribution in [2.45, 2.75) is 26.7 Å². The molecule has 0 bridgehead atoms. The van der Waals surface area contributed by atoms with E-state index in [-0.39, 0.29) is 0 Å². The lowest BCUT2D eigenvalue weighted by molar-refractivity contribution is 0.628. The molecule has 2 atom stereocenters. The second kappa shape index (κ2) is 2.85. The third kappa shape index (κ3) is 1.19. The average molecular weight is 178 g/mol. The minimum absolute atomic E-state index is 0.848. The minimum Gasteiger partial charge on any atom is -0.105 e. The number of aryl methyl sites for hydroxylation is 1. The highest BCUT2D eigenvalue weighted by atomic mass is 31.0. The first-order valence-electron chi connectivity index (χ1n) is 4.55. The Hall–Kier alpha value is -0.350. The van der Waals surface area contributed by atoms with Gasteiger partial charge < -0.3 is 0 Å². The molecular weight excluding hydrogens is 163 g/mol. The van der Waals surface area contributed by atoms with Crippen molar-refractivity contribution >= 4 is 14.5 Å². The molecule has 0 spiro atoms. The van der Waals surface area contributed by atoms with Gasteiger partial charge in [0.25, 0.3) is 0 Å². The van der Waals surface area contributed by atoms with Crippen LogP contribution in [0.2, 0.25) is 0 Å². The largest absolute Gasteiger partial charge is 0.105 e. The topological polar surface area (TPSA) is 0 Å². The molecule has 0 radical (unpaired) electrons. The highest BCUT2D eigenvalue weighted by Gasteiger charge is 2.19. The summed E-state index contributed by atoms with van der Waals surface area (Å²) in [6.45, 7) is 4.52. The van der Waals surface area contributed by atoms with E-state index in [1.807, 2.05) is 0 Å². The van der Waals surface area contributed by atoms with Crippen molar-refractivity contribution in [1.82, 2.24) is 0 Å². The SMILES string of the molecule is Cc1ccc2c(c1P)CC(C)C2. The number of fused-ring (bicyclic) bond motifs is 1.